The summed E-state index contributed by atoms with van der Waals surface area (Å²) in [5.41, 5.74) is 1.67. The van der Waals surface area contributed by atoms with Gasteiger partial charge in [0.05, 0.1) is 0 Å². The van der Waals surface area contributed by atoms with Gasteiger partial charge in [-0.15, -0.1) is 6.42 Å². The topological polar surface area (TPSA) is 20.2 Å². The van der Waals surface area contributed by atoms with Gasteiger partial charge in [-0.2, -0.15) is 0 Å². The molecule has 1 unspecified atom stereocenters. The van der Waals surface area contributed by atoms with Gasteiger partial charge >= 0.3 is 0 Å². The number of hydrogen-bond acceptors (Lipinski definition) is 1. The van der Waals surface area contributed by atoms with Gasteiger partial charge in [-0.25, -0.2) is 0 Å². The van der Waals surface area contributed by atoms with E-state index in [9.17, 15) is 5.11 Å². The first-order valence-corrected chi connectivity index (χ1v) is 4.22. The van der Waals surface area contributed by atoms with E-state index in [-0.39, 0.29) is 0 Å². The van der Waals surface area contributed by atoms with Crippen LogP contribution in [0.15, 0.2) is 11.1 Å². The van der Waals surface area contributed by atoms with Gasteiger partial charge in [0.2, 0.25) is 0 Å². The molecule has 1 N–H and O–H groups in total. The quantitative estimate of drug-likeness (QED) is 0.504. The Morgan fingerprint density at radius 1 is 1.42 bits per heavy atom. The second-order valence-electron chi connectivity index (χ2n) is 3.70. The van der Waals surface area contributed by atoms with Crippen molar-refractivity contribution in [2.45, 2.75) is 46.1 Å². The fourth-order valence-electron chi connectivity index (χ4n) is 0.753. The molecule has 0 bridgehead atoms. The summed E-state index contributed by atoms with van der Waals surface area (Å²) in [7, 11) is 0. The van der Waals surface area contributed by atoms with Crippen molar-refractivity contribution in [1.29, 1.82) is 0 Å². The van der Waals surface area contributed by atoms with E-state index in [4.69, 9.17) is 6.42 Å². The number of hydrogen-bond donors (Lipinski definition) is 1. The minimum atomic E-state index is -0.948. The highest BCUT2D eigenvalue weighted by atomic mass is 16.3. The molecule has 1 nitrogen and oxygen atoms in total. The van der Waals surface area contributed by atoms with Crippen LogP contribution in [0.4, 0.5) is 0 Å². The molecule has 0 saturated carbocycles. The summed E-state index contributed by atoms with van der Waals surface area (Å²) in [5.74, 6) is 2.37. The van der Waals surface area contributed by atoms with Gasteiger partial charge in [-0.1, -0.05) is 17.1 Å². The van der Waals surface area contributed by atoms with E-state index < -0.39 is 5.60 Å². The molecule has 0 aromatic carbocycles. The Balaban J connectivity index is 4.03. The van der Waals surface area contributed by atoms with Crippen LogP contribution in [0.5, 0.6) is 0 Å². The highest BCUT2D eigenvalue weighted by Gasteiger charge is 2.15. The van der Waals surface area contributed by atoms with Gasteiger partial charge < -0.3 is 5.11 Å². The van der Waals surface area contributed by atoms with Crippen LogP contribution in [0.2, 0.25) is 0 Å². The standard InChI is InChI=1S/C11H18O/c1-6-11(5,12)8-7-10(4)9(2)3/h1,12H,7-8H2,2-5H3. The third-order valence-corrected chi connectivity index (χ3v) is 2.15. The largest absolute Gasteiger partial charge is 0.378 e. The lowest BCUT2D eigenvalue weighted by Gasteiger charge is -2.16. The molecular weight excluding hydrogens is 148 g/mol. The van der Waals surface area contributed by atoms with E-state index >= 15 is 0 Å². The SMILES string of the molecule is C#CC(C)(O)CCC(C)=C(C)C. The van der Waals surface area contributed by atoms with E-state index in [1.54, 1.807) is 6.92 Å². The van der Waals surface area contributed by atoms with E-state index in [0.29, 0.717) is 6.42 Å². The number of aliphatic hydroxyl groups is 1. The van der Waals surface area contributed by atoms with Crippen LogP contribution in [-0.4, -0.2) is 10.7 Å². The van der Waals surface area contributed by atoms with Crippen molar-refractivity contribution in [3.63, 3.8) is 0 Å². The van der Waals surface area contributed by atoms with Crippen LogP contribution < -0.4 is 0 Å². The highest BCUT2D eigenvalue weighted by Crippen LogP contribution is 2.17. The first-order valence-electron chi connectivity index (χ1n) is 4.22. The Bertz CT molecular complexity index is 212. The minimum Gasteiger partial charge on any atom is -0.378 e. The third kappa shape index (κ3) is 4.20. The van der Waals surface area contributed by atoms with Crippen LogP contribution in [0, 0.1) is 12.3 Å². The van der Waals surface area contributed by atoms with E-state index in [1.165, 1.54) is 11.1 Å². The molecule has 0 aromatic rings. The number of allylic oxidation sites excluding steroid dienone is 2. The summed E-state index contributed by atoms with van der Waals surface area (Å²) in [5, 5.41) is 9.50. The molecule has 0 aromatic heterocycles. The van der Waals surface area contributed by atoms with Gasteiger partial charge in [0, 0.05) is 0 Å². The van der Waals surface area contributed by atoms with Crippen molar-refractivity contribution >= 4 is 0 Å². The summed E-state index contributed by atoms with van der Waals surface area (Å²) in [6.07, 6.45) is 6.67. The van der Waals surface area contributed by atoms with E-state index in [0.717, 1.165) is 6.42 Å². The molecule has 1 heteroatoms. The maximum atomic E-state index is 9.50. The molecule has 0 spiro atoms. The van der Waals surface area contributed by atoms with Gasteiger partial charge in [-0.3, -0.25) is 0 Å². The molecular formula is C11H18O. The number of terminal acetylenes is 1. The summed E-state index contributed by atoms with van der Waals surface area (Å²) in [6, 6.07) is 0. The van der Waals surface area contributed by atoms with Crippen molar-refractivity contribution in [3.8, 4) is 12.3 Å². The fourth-order valence-corrected chi connectivity index (χ4v) is 0.753. The zero-order chi connectivity index (χ0) is 9.78. The summed E-state index contributed by atoms with van der Waals surface area (Å²) in [4.78, 5) is 0. The molecule has 1 atom stereocenters. The van der Waals surface area contributed by atoms with Crippen molar-refractivity contribution in [1.82, 2.24) is 0 Å². The van der Waals surface area contributed by atoms with Gasteiger partial charge in [-0.05, 0) is 40.5 Å². The fraction of sp³-hybridized carbons (Fsp3) is 0.636. The second kappa shape index (κ2) is 4.33. The average Bonchev–Trinajstić information content (AvgIpc) is 2.00. The predicted molar refractivity (Wildman–Crippen MR) is 52.7 cm³/mol. The smallest absolute Gasteiger partial charge is 0.122 e. The molecule has 0 saturated heterocycles. The Kier molecular flexibility index (Phi) is 4.06. The highest BCUT2D eigenvalue weighted by molar-refractivity contribution is 5.11. The van der Waals surface area contributed by atoms with Crippen molar-refractivity contribution in [2.24, 2.45) is 0 Å². The van der Waals surface area contributed by atoms with Crippen molar-refractivity contribution in [2.75, 3.05) is 0 Å². The third-order valence-electron chi connectivity index (χ3n) is 2.15. The molecule has 12 heavy (non-hydrogen) atoms. The molecule has 0 radical (unpaired) electrons. The lowest BCUT2D eigenvalue weighted by molar-refractivity contribution is 0.113. The lowest BCUT2D eigenvalue weighted by atomic mass is 9.97. The normalized spacial score (nSPS) is 14.7. The first kappa shape index (κ1) is 11.3. The van der Waals surface area contributed by atoms with Crippen LogP contribution in [0.1, 0.15) is 40.5 Å². The minimum absolute atomic E-state index is 0.639. The Morgan fingerprint density at radius 3 is 2.25 bits per heavy atom. The van der Waals surface area contributed by atoms with Gasteiger partial charge in [0.1, 0.15) is 5.60 Å². The molecule has 0 aliphatic rings. The van der Waals surface area contributed by atoms with Crippen molar-refractivity contribution in [3.05, 3.63) is 11.1 Å². The lowest BCUT2D eigenvalue weighted by Crippen LogP contribution is -2.20. The predicted octanol–water partition coefficient (Wildman–Crippen LogP) is 2.51. The molecule has 0 aliphatic carbocycles. The second-order valence-corrected chi connectivity index (χ2v) is 3.70. The van der Waals surface area contributed by atoms with Crippen LogP contribution >= 0.6 is 0 Å². The van der Waals surface area contributed by atoms with Gasteiger partial charge in [0.15, 0.2) is 0 Å². The van der Waals surface area contributed by atoms with Crippen LogP contribution in [0.3, 0.4) is 0 Å². The maximum absolute atomic E-state index is 9.50. The Labute approximate surface area is 75.5 Å². The summed E-state index contributed by atoms with van der Waals surface area (Å²) in [6.45, 7) is 7.88. The average molecular weight is 166 g/mol. The van der Waals surface area contributed by atoms with Gasteiger partial charge in [0.25, 0.3) is 0 Å². The summed E-state index contributed by atoms with van der Waals surface area (Å²) < 4.78 is 0. The first-order chi connectivity index (χ1) is 5.39. The molecule has 0 heterocycles. The Hall–Kier alpha value is -0.740. The zero-order valence-corrected chi connectivity index (χ0v) is 8.44. The zero-order valence-electron chi connectivity index (χ0n) is 8.44. The monoisotopic (exact) mass is 166 g/mol. The van der Waals surface area contributed by atoms with E-state index in [2.05, 4.69) is 26.7 Å². The van der Waals surface area contributed by atoms with E-state index in [1.807, 2.05) is 0 Å². The number of rotatable bonds is 3. The summed E-state index contributed by atoms with van der Waals surface area (Å²) >= 11 is 0. The molecule has 0 rings (SSSR count). The molecule has 68 valence electrons. The Morgan fingerprint density at radius 2 is 1.92 bits per heavy atom. The van der Waals surface area contributed by atoms with Crippen molar-refractivity contribution < 1.29 is 5.11 Å². The molecule has 0 aliphatic heterocycles. The van der Waals surface area contributed by atoms with Crippen LogP contribution in [-0.2, 0) is 0 Å². The van der Waals surface area contributed by atoms with Crippen LogP contribution in [0.25, 0.3) is 0 Å². The molecule has 0 fully saturated rings. The molecule has 0 amide bonds. The maximum Gasteiger partial charge on any atom is 0.122 e.